The number of likely N-dealkylation sites (tertiary alicyclic amines) is 2. The predicted molar refractivity (Wildman–Crippen MR) is 89.6 cm³/mol. The van der Waals surface area contributed by atoms with Crippen molar-refractivity contribution in [1.82, 2.24) is 19.6 Å². The molecule has 4 heterocycles. The Hall–Kier alpha value is -1.40. The Morgan fingerprint density at radius 1 is 1.04 bits per heavy atom. The molecule has 23 heavy (non-hydrogen) atoms. The van der Waals surface area contributed by atoms with Crippen LogP contribution in [0, 0.1) is 0 Å². The van der Waals surface area contributed by atoms with Gasteiger partial charge in [-0.25, -0.2) is 0 Å². The van der Waals surface area contributed by atoms with Gasteiger partial charge in [-0.2, -0.15) is 5.10 Å². The van der Waals surface area contributed by atoms with Crippen LogP contribution in [0.25, 0.3) is 0 Å². The van der Waals surface area contributed by atoms with Crippen LogP contribution >= 0.6 is 0 Å². The van der Waals surface area contributed by atoms with Crippen molar-refractivity contribution in [3.05, 3.63) is 12.4 Å². The molecule has 0 N–H and O–H groups in total. The molecule has 0 spiro atoms. The number of carbonyl (C=O) groups excluding carboxylic acids is 1. The Balaban J connectivity index is 1.31. The predicted octanol–water partition coefficient (Wildman–Crippen LogP) is 1.35. The normalized spacial score (nSPS) is 26.7. The number of rotatable bonds is 5. The summed E-state index contributed by atoms with van der Waals surface area (Å²) in [6.07, 6.45) is 9.47. The molecule has 1 aromatic heterocycles. The summed E-state index contributed by atoms with van der Waals surface area (Å²) in [7, 11) is 0. The lowest BCUT2D eigenvalue weighted by Gasteiger charge is -2.20. The summed E-state index contributed by atoms with van der Waals surface area (Å²) in [6.45, 7) is 8.04. The Morgan fingerprint density at radius 2 is 1.87 bits per heavy atom. The molecule has 0 aliphatic carbocycles. The van der Waals surface area contributed by atoms with Crippen LogP contribution in [-0.2, 0) is 4.79 Å². The van der Waals surface area contributed by atoms with Crippen molar-refractivity contribution in [3.8, 4) is 0 Å². The third-order valence-corrected chi connectivity index (χ3v) is 5.53. The lowest BCUT2D eigenvalue weighted by atomic mass is 10.3. The molecule has 126 valence electrons. The number of anilines is 1. The molecule has 6 heteroatoms. The fourth-order valence-corrected chi connectivity index (χ4v) is 4.11. The van der Waals surface area contributed by atoms with E-state index in [1.807, 2.05) is 11.1 Å². The molecular formula is C17H27N5O. The van der Waals surface area contributed by atoms with Crippen molar-refractivity contribution in [2.75, 3.05) is 50.7 Å². The topological polar surface area (TPSA) is 44.6 Å². The zero-order valence-electron chi connectivity index (χ0n) is 13.9. The van der Waals surface area contributed by atoms with Gasteiger partial charge in [-0.15, -0.1) is 0 Å². The zero-order valence-corrected chi connectivity index (χ0v) is 13.9. The highest BCUT2D eigenvalue weighted by Gasteiger charge is 2.27. The Kier molecular flexibility index (Phi) is 4.35. The first kappa shape index (κ1) is 15.1. The lowest BCUT2D eigenvalue weighted by molar-refractivity contribution is -0.117. The van der Waals surface area contributed by atoms with Gasteiger partial charge in [-0.3, -0.25) is 14.4 Å². The monoisotopic (exact) mass is 317 g/mol. The Bertz CT molecular complexity index is 551. The van der Waals surface area contributed by atoms with Crippen LogP contribution in [0.4, 0.5) is 5.69 Å². The molecule has 1 atom stereocenters. The molecular weight excluding hydrogens is 290 g/mol. The van der Waals surface area contributed by atoms with Crippen LogP contribution in [0.1, 0.15) is 38.1 Å². The number of hydrogen-bond acceptors (Lipinski definition) is 4. The van der Waals surface area contributed by atoms with Gasteiger partial charge in [0.2, 0.25) is 5.91 Å². The third kappa shape index (κ3) is 3.28. The highest BCUT2D eigenvalue weighted by molar-refractivity contribution is 5.95. The Morgan fingerprint density at radius 3 is 2.65 bits per heavy atom. The van der Waals surface area contributed by atoms with Gasteiger partial charge in [0.15, 0.2) is 0 Å². The van der Waals surface area contributed by atoms with Crippen LogP contribution in [0.15, 0.2) is 12.4 Å². The Labute approximate surface area is 138 Å². The van der Waals surface area contributed by atoms with Crippen molar-refractivity contribution in [1.29, 1.82) is 0 Å². The van der Waals surface area contributed by atoms with Crippen molar-refractivity contribution in [2.24, 2.45) is 0 Å². The fourth-order valence-electron chi connectivity index (χ4n) is 4.11. The lowest BCUT2D eigenvalue weighted by Crippen LogP contribution is -2.32. The van der Waals surface area contributed by atoms with Gasteiger partial charge in [-0.05, 0) is 38.8 Å². The minimum absolute atomic E-state index is 0.239. The highest BCUT2D eigenvalue weighted by Crippen LogP contribution is 2.25. The standard InChI is InChI=1S/C17H27N5O/c23-17-4-3-8-21(17)16-12-18-22(14-16)15-5-9-20(13-15)11-10-19-6-1-2-7-19/h12,14-15H,1-11,13H2. The number of hydrogen-bond donors (Lipinski definition) is 0. The molecule has 4 rings (SSSR count). The molecule has 0 bridgehead atoms. The maximum atomic E-state index is 11.8. The van der Waals surface area contributed by atoms with E-state index in [1.54, 1.807) is 0 Å². The number of nitrogens with zero attached hydrogens (tertiary/aromatic N) is 5. The minimum atomic E-state index is 0.239. The van der Waals surface area contributed by atoms with Crippen molar-refractivity contribution >= 4 is 11.6 Å². The van der Waals surface area contributed by atoms with Crippen LogP contribution in [0.3, 0.4) is 0 Å². The van der Waals surface area contributed by atoms with Crippen LogP contribution in [0.2, 0.25) is 0 Å². The minimum Gasteiger partial charge on any atom is -0.309 e. The van der Waals surface area contributed by atoms with Gasteiger partial charge < -0.3 is 9.80 Å². The van der Waals surface area contributed by atoms with Crippen molar-refractivity contribution < 1.29 is 4.79 Å². The van der Waals surface area contributed by atoms with E-state index < -0.39 is 0 Å². The van der Waals surface area contributed by atoms with Gasteiger partial charge in [0, 0.05) is 45.3 Å². The molecule has 1 amide bonds. The first-order valence-corrected chi connectivity index (χ1v) is 9.09. The second-order valence-electron chi connectivity index (χ2n) is 7.12. The average molecular weight is 317 g/mol. The molecule has 0 aromatic carbocycles. The SMILES string of the molecule is O=C1CCCN1c1cnn(C2CCN(CCN3CCCC3)C2)c1. The largest absolute Gasteiger partial charge is 0.309 e. The maximum absolute atomic E-state index is 11.8. The number of carbonyl (C=O) groups is 1. The third-order valence-electron chi connectivity index (χ3n) is 5.53. The smallest absolute Gasteiger partial charge is 0.227 e. The molecule has 6 nitrogen and oxygen atoms in total. The molecule has 3 saturated heterocycles. The summed E-state index contributed by atoms with van der Waals surface area (Å²) in [5, 5.41) is 4.53. The number of aromatic nitrogens is 2. The summed E-state index contributed by atoms with van der Waals surface area (Å²) in [5.74, 6) is 0.239. The van der Waals surface area contributed by atoms with E-state index in [1.165, 1.54) is 39.0 Å². The zero-order chi connectivity index (χ0) is 15.6. The second-order valence-corrected chi connectivity index (χ2v) is 7.12. The van der Waals surface area contributed by atoms with Crippen LogP contribution in [0.5, 0.6) is 0 Å². The second kappa shape index (κ2) is 6.61. The molecule has 3 aliphatic heterocycles. The highest BCUT2D eigenvalue weighted by atomic mass is 16.2. The maximum Gasteiger partial charge on any atom is 0.227 e. The summed E-state index contributed by atoms with van der Waals surface area (Å²) >= 11 is 0. The van der Waals surface area contributed by atoms with Crippen molar-refractivity contribution in [3.63, 3.8) is 0 Å². The molecule has 0 saturated carbocycles. The molecule has 3 fully saturated rings. The van der Waals surface area contributed by atoms with Gasteiger partial charge in [0.1, 0.15) is 0 Å². The van der Waals surface area contributed by atoms with Gasteiger partial charge in [-0.1, -0.05) is 0 Å². The number of amides is 1. The summed E-state index contributed by atoms with van der Waals surface area (Å²) in [6, 6.07) is 0.458. The van der Waals surface area contributed by atoms with E-state index in [9.17, 15) is 4.79 Å². The summed E-state index contributed by atoms with van der Waals surface area (Å²) < 4.78 is 2.08. The van der Waals surface area contributed by atoms with Crippen molar-refractivity contribution in [2.45, 2.75) is 38.1 Å². The van der Waals surface area contributed by atoms with E-state index in [0.717, 1.165) is 38.2 Å². The van der Waals surface area contributed by atoms with E-state index in [-0.39, 0.29) is 5.91 Å². The fraction of sp³-hybridized carbons (Fsp3) is 0.765. The molecule has 3 aliphatic rings. The van der Waals surface area contributed by atoms with Gasteiger partial charge in [0.25, 0.3) is 0 Å². The molecule has 1 unspecified atom stereocenters. The van der Waals surface area contributed by atoms with Gasteiger partial charge >= 0.3 is 0 Å². The molecule has 1 aromatic rings. The summed E-state index contributed by atoms with van der Waals surface area (Å²) in [4.78, 5) is 18.9. The van der Waals surface area contributed by atoms with E-state index in [0.29, 0.717) is 12.5 Å². The van der Waals surface area contributed by atoms with E-state index in [4.69, 9.17) is 0 Å². The van der Waals surface area contributed by atoms with E-state index in [2.05, 4.69) is 25.8 Å². The first-order chi connectivity index (χ1) is 11.3. The quantitative estimate of drug-likeness (QED) is 0.822. The average Bonchev–Trinajstić information content (AvgIpc) is 3.32. The van der Waals surface area contributed by atoms with Crippen LogP contribution in [-0.4, -0.2) is 71.3 Å². The van der Waals surface area contributed by atoms with Gasteiger partial charge in [0.05, 0.1) is 17.9 Å². The van der Waals surface area contributed by atoms with Crippen LogP contribution < -0.4 is 4.90 Å². The van der Waals surface area contributed by atoms with E-state index >= 15 is 0 Å². The summed E-state index contributed by atoms with van der Waals surface area (Å²) in [5.41, 5.74) is 0.975. The molecule has 0 radical (unpaired) electrons. The first-order valence-electron chi connectivity index (χ1n) is 9.09.